The van der Waals surface area contributed by atoms with Crippen LogP contribution in [0.3, 0.4) is 0 Å². The van der Waals surface area contributed by atoms with Gasteiger partial charge >= 0.3 is 0 Å². The molecule has 24 heavy (non-hydrogen) atoms. The van der Waals surface area contributed by atoms with Gasteiger partial charge in [-0.3, -0.25) is 15.0 Å². The van der Waals surface area contributed by atoms with Gasteiger partial charge in [-0.05, 0) is 17.7 Å². The molecule has 0 bridgehead atoms. The number of benzene rings is 2. The van der Waals surface area contributed by atoms with Gasteiger partial charge in [-0.1, -0.05) is 41.9 Å². The van der Waals surface area contributed by atoms with Crippen LogP contribution in [0, 0.1) is 10.1 Å². The Kier molecular flexibility index (Phi) is 6.43. The van der Waals surface area contributed by atoms with Gasteiger partial charge < -0.3 is 17.3 Å². The summed E-state index contributed by atoms with van der Waals surface area (Å²) in [6.07, 6.45) is 0. The fourth-order valence-corrected chi connectivity index (χ4v) is 3.06. The van der Waals surface area contributed by atoms with E-state index in [2.05, 4.69) is 17.0 Å². The second kappa shape index (κ2) is 8.33. The predicted molar refractivity (Wildman–Crippen MR) is 92.0 cm³/mol. The highest BCUT2D eigenvalue weighted by Gasteiger charge is 2.23. The third-order valence-electron chi connectivity index (χ3n) is 4.10. The molecule has 1 aliphatic heterocycles. The first-order chi connectivity index (χ1) is 11.1. The van der Waals surface area contributed by atoms with Crippen molar-refractivity contribution in [2.45, 2.75) is 6.54 Å². The summed E-state index contributed by atoms with van der Waals surface area (Å²) in [5.41, 5.74) is 2.02. The van der Waals surface area contributed by atoms with E-state index in [0.717, 1.165) is 32.7 Å². The summed E-state index contributed by atoms with van der Waals surface area (Å²) in [5, 5.41) is 11.7. The van der Waals surface area contributed by atoms with E-state index in [4.69, 9.17) is 11.6 Å². The van der Waals surface area contributed by atoms with Crippen LogP contribution in [0.5, 0.6) is 0 Å². The van der Waals surface area contributed by atoms with E-state index in [9.17, 15) is 10.1 Å². The summed E-state index contributed by atoms with van der Waals surface area (Å²) in [5.74, 6) is 0. The average Bonchev–Trinajstić information content (AvgIpc) is 2.56. The van der Waals surface area contributed by atoms with Crippen molar-refractivity contribution in [1.29, 1.82) is 0 Å². The van der Waals surface area contributed by atoms with Gasteiger partial charge in [-0.25, -0.2) is 0 Å². The van der Waals surface area contributed by atoms with E-state index < -0.39 is 0 Å². The molecule has 1 heterocycles. The van der Waals surface area contributed by atoms with Gasteiger partial charge in [0, 0.05) is 43.8 Å². The molecule has 5 nitrogen and oxygen atoms in total. The Labute approximate surface area is 152 Å². The number of rotatable bonds is 4. The highest BCUT2D eigenvalue weighted by Crippen LogP contribution is 2.31. The van der Waals surface area contributed by atoms with Crippen LogP contribution >= 0.6 is 11.6 Å². The summed E-state index contributed by atoms with van der Waals surface area (Å²) in [4.78, 5) is 15.3. The highest BCUT2D eigenvalue weighted by molar-refractivity contribution is 6.31. The van der Waals surface area contributed by atoms with Crippen LogP contribution in [0.15, 0.2) is 48.5 Å². The summed E-state index contributed by atoms with van der Waals surface area (Å²) in [7, 11) is 0. The van der Waals surface area contributed by atoms with Gasteiger partial charge in [-0.2, -0.15) is 0 Å². The van der Waals surface area contributed by atoms with Gasteiger partial charge in [0.1, 0.15) is 5.69 Å². The molecule has 0 aliphatic carbocycles. The molecular formula is C17H18Cl2N3O2-. The Bertz CT molecular complexity index is 689. The number of hydrogen-bond donors (Lipinski definition) is 0. The van der Waals surface area contributed by atoms with Crippen LogP contribution in [-0.2, 0) is 6.54 Å². The lowest BCUT2D eigenvalue weighted by atomic mass is 10.2. The minimum absolute atomic E-state index is 0. The molecule has 1 fully saturated rings. The first-order valence-electron chi connectivity index (χ1n) is 7.58. The lowest BCUT2D eigenvalue weighted by molar-refractivity contribution is -0.384. The normalized spacial score (nSPS) is 15.0. The second-order valence-corrected chi connectivity index (χ2v) is 6.08. The second-order valence-electron chi connectivity index (χ2n) is 5.64. The molecule has 2 aromatic carbocycles. The van der Waals surface area contributed by atoms with Crippen LogP contribution in [-0.4, -0.2) is 36.0 Å². The number of nitrogens with zero attached hydrogens (tertiary/aromatic N) is 3. The molecule has 0 N–H and O–H groups in total. The summed E-state index contributed by atoms with van der Waals surface area (Å²) >= 11 is 6.02. The fourth-order valence-electron chi connectivity index (χ4n) is 2.89. The summed E-state index contributed by atoms with van der Waals surface area (Å²) in [6.45, 7) is 4.17. The van der Waals surface area contributed by atoms with Crippen molar-refractivity contribution in [3.63, 3.8) is 0 Å². The largest absolute Gasteiger partial charge is 1.00 e. The molecular weight excluding hydrogens is 349 g/mol. The molecule has 0 saturated carbocycles. The van der Waals surface area contributed by atoms with Crippen molar-refractivity contribution < 1.29 is 17.3 Å². The molecule has 0 amide bonds. The number of nitro groups is 1. The minimum atomic E-state index is -0.345. The zero-order valence-corrected chi connectivity index (χ0v) is 14.6. The standard InChI is InChI=1S/C17H18ClN3O2.ClH/c18-15-6-7-16(21(22)23)17(12-15)20-10-8-19(9-11-20)13-14-4-2-1-3-5-14;/h1-7,12H,8-11,13H2;1H/p-1. The molecule has 128 valence electrons. The van der Waals surface area contributed by atoms with Crippen LogP contribution in [0.1, 0.15) is 5.56 Å². The maximum absolute atomic E-state index is 11.2. The Morgan fingerprint density at radius 1 is 1.04 bits per heavy atom. The van der Waals surface area contributed by atoms with Gasteiger partial charge in [0.2, 0.25) is 0 Å². The van der Waals surface area contributed by atoms with E-state index in [0.29, 0.717) is 10.7 Å². The van der Waals surface area contributed by atoms with Gasteiger partial charge in [0.05, 0.1) is 4.92 Å². The molecule has 0 radical (unpaired) electrons. The highest BCUT2D eigenvalue weighted by atomic mass is 35.5. The van der Waals surface area contributed by atoms with Gasteiger partial charge in [0.15, 0.2) is 0 Å². The van der Waals surface area contributed by atoms with E-state index in [1.54, 1.807) is 12.1 Å². The monoisotopic (exact) mass is 366 g/mol. The Morgan fingerprint density at radius 3 is 2.33 bits per heavy atom. The summed E-state index contributed by atoms with van der Waals surface area (Å²) < 4.78 is 0. The number of anilines is 1. The topological polar surface area (TPSA) is 49.6 Å². The number of nitro benzene ring substituents is 1. The average molecular weight is 367 g/mol. The number of halogens is 2. The Morgan fingerprint density at radius 2 is 1.71 bits per heavy atom. The van der Waals surface area contributed by atoms with Crippen molar-refractivity contribution in [3.8, 4) is 0 Å². The zero-order chi connectivity index (χ0) is 16.2. The predicted octanol–water partition coefficient (Wildman–Crippen LogP) is 0.574. The van der Waals surface area contributed by atoms with E-state index in [-0.39, 0.29) is 23.0 Å². The summed E-state index contributed by atoms with van der Waals surface area (Å²) in [6, 6.07) is 15.1. The third-order valence-corrected chi connectivity index (χ3v) is 4.33. The van der Waals surface area contributed by atoms with E-state index >= 15 is 0 Å². The molecule has 3 rings (SSSR count). The molecule has 0 atom stereocenters. The van der Waals surface area contributed by atoms with Crippen LogP contribution in [0.4, 0.5) is 11.4 Å². The maximum Gasteiger partial charge on any atom is 0.292 e. The number of hydrogen-bond acceptors (Lipinski definition) is 4. The zero-order valence-electron chi connectivity index (χ0n) is 13.1. The first-order valence-corrected chi connectivity index (χ1v) is 7.96. The van der Waals surface area contributed by atoms with Gasteiger partial charge in [-0.15, -0.1) is 0 Å². The molecule has 0 aromatic heterocycles. The van der Waals surface area contributed by atoms with Crippen molar-refractivity contribution in [1.82, 2.24) is 4.90 Å². The molecule has 1 saturated heterocycles. The molecule has 7 heteroatoms. The Balaban J connectivity index is 0.00000208. The van der Waals surface area contributed by atoms with E-state index in [1.807, 2.05) is 23.1 Å². The lowest BCUT2D eigenvalue weighted by Crippen LogP contribution is -3.00. The molecule has 0 unspecified atom stereocenters. The SMILES string of the molecule is O=[N+]([O-])c1ccc(Cl)cc1N1CCN(Cc2ccccc2)CC1.[Cl-]. The maximum atomic E-state index is 11.2. The molecule has 0 spiro atoms. The number of piperazine rings is 1. The van der Waals surface area contributed by atoms with Crippen molar-refractivity contribution in [2.75, 3.05) is 31.1 Å². The van der Waals surface area contributed by atoms with Crippen LogP contribution < -0.4 is 17.3 Å². The smallest absolute Gasteiger partial charge is 0.292 e. The van der Waals surface area contributed by atoms with Crippen LogP contribution in [0.25, 0.3) is 0 Å². The third kappa shape index (κ3) is 4.38. The van der Waals surface area contributed by atoms with Crippen LogP contribution in [0.2, 0.25) is 5.02 Å². The van der Waals surface area contributed by atoms with Crippen molar-refractivity contribution >= 4 is 23.0 Å². The minimum Gasteiger partial charge on any atom is -1.00 e. The fraction of sp³-hybridized carbons (Fsp3) is 0.294. The Hall–Kier alpha value is -1.82. The van der Waals surface area contributed by atoms with Crippen molar-refractivity contribution in [3.05, 3.63) is 69.2 Å². The first kappa shape index (κ1) is 18.5. The quantitative estimate of drug-likeness (QED) is 0.586. The van der Waals surface area contributed by atoms with Gasteiger partial charge in [0.25, 0.3) is 5.69 Å². The lowest BCUT2D eigenvalue weighted by Gasteiger charge is -2.35. The van der Waals surface area contributed by atoms with E-state index in [1.165, 1.54) is 11.6 Å². The molecule has 1 aliphatic rings. The molecule has 2 aromatic rings. The van der Waals surface area contributed by atoms with Crippen molar-refractivity contribution in [2.24, 2.45) is 0 Å².